The van der Waals surface area contributed by atoms with Gasteiger partial charge in [0.2, 0.25) is 0 Å². The fraction of sp³-hybridized carbons (Fsp3) is 1.00. The Kier molecular flexibility index (Phi) is 6.93. The summed E-state index contributed by atoms with van der Waals surface area (Å²) in [7, 11) is 0. The second-order valence-electron chi connectivity index (χ2n) is 5.02. The van der Waals surface area contributed by atoms with Crippen LogP contribution in [0.15, 0.2) is 0 Å². The van der Waals surface area contributed by atoms with Crippen molar-refractivity contribution in [2.45, 2.75) is 64.9 Å². The lowest BCUT2D eigenvalue weighted by molar-refractivity contribution is 0.569. The van der Waals surface area contributed by atoms with E-state index in [0.29, 0.717) is 0 Å². The van der Waals surface area contributed by atoms with E-state index < -0.39 is 0 Å². The Hall–Kier alpha value is 0.350. The van der Waals surface area contributed by atoms with E-state index in [9.17, 15) is 0 Å². The van der Waals surface area contributed by atoms with E-state index in [1.54, 1.807) is 0 Å². The molecule has 0 aliphatic heterocycles. The second-order valence-corrected chi connectivity index (χ2v) is 6.90. The van der Waals surface area contributed by atoms with Crippen LogP contribution in [-0.2, 0) is 0 Å². The van der Waals surface area contributed by atoms with Gasteiger partial charge in [-0.25, -0.2) is 0 Å². The maximum absolute atomic E-state index is 2.36. The van der Waals surface area contributed by atoms with Gasteiger partial charge < -0.3 is 0 Å². The van der Waals surface area contributed by atoms with E-state index >= 15 is 0 Å². The lowest BCUT2D eigenvalue weighted by Crippen LogP contribution is -2.09. The lowest BCUT2D eigenvalue weighted by Gasteiger charge is -2.19. The fourth-order valence-electron chi connectivity index (χ4n) is 1.84. The van der Waals surface area contributed by atoms with Gasteiger partial charge in [-0.05, 0) is 24.7 Å². The maximum atomic E-state index is 2.36. The molecule has 0 saturated carbocycles. The molecule has 0 rings (SSSR count). The van der Waals surface area contributed by atoms with Crippen LogP contribution in [0.25, 0.3) is 0 Å². The van der Waals surface area contributed by atoms with Crippen LogP contribution >= 0.6 is 11.8 Å². The zero-order valence-electron chi connectivity index (χ0n) is 10.1. The Morgan fingerprint density at radius 2 is 1.00 bits per heavy atom. The zero-order chi connectivity index (χ0) is 10.4. The first-order valence-corrected chi connectivity index (χ1v) is 6.51. The summed E-state index contributed by atoms with van der Waals surface area (Å²) in [6, 6.07) is 0. The van der Waals surface area contributed by atoms with Crippen LogP contribution < -0.4 is 0 Å². The van der Waals surface area contributed by atoms with Crippen LogP contribution in [0.5, 0.6) is 0 Å². The Bertz CT molecular complexity index is 104. The fourth-order valence-corrected chi connectivity index (χ4v) is 3.62. The van der Waals surface area contributed by atoms with Crippen LogP contribution in [0.2, 0.25) is 0 Å². The molecule has 0 aromatic heterocycles. The van der Waals surface area contributed by atoms with E-state index in [1.165, 1.54) is 12.8 Å². The van der Waals surface area contributed by atoms with E-state index in [2.05, 4.69) is 53.3 Å². The molecule has 0 amide bonds. The monoisotopic (exact) mass is 202 g/mol. The molecule has 0 N–H and O–H groups in total. The highest BCUT2D eigenvalue weighted by atomic mass is 32.2. The molecule has 0 aromatic rings. The molecular weight excluding hydrogens is 176 g/mol. The Balaban J connectivity index is 3.58. The molecule has 0 saturated heterocycles. The van der Waals surface area contributed by atoms with E-state index in [0.717, 1.165) is 22.3 Å². The quantitative estimate of drug-likeness (QED) is 0.607. The normalized spacial score (nSPS) is 16.6. The minimum Gasteiger partial charge on any atom is -0.156 e. The van der Waals surface area contributed by atoms with E-state index in [-0.39, 0.29) is 0 Å². The molecule has 0 aliphatic rings. The standard InChI is InChI=1S/C12H26S/c1-9(2)7-11(5)13-12(6)8-10(3)4/h9-12H,7-8H2,1-6H3. The number of rotatable bonds is 6. The summed E-state index contributed by atoms with van der Waals surface area (Å²) >= 11 is 2.16. The largest absolute Gasteiger partial charge is 0.156 e. The van der Waals surface area contributed by atoms with Crippen molar-refractivity contribution in [2.24, 2.45) is 11.8 Å². The summed E-state index contributed by atoms with van der Waals surface area (Å²) in [4.78, 5) is 0. The summed E-state index contributed by atoms with van der Waals surface area (Å²) in [6.45, 7) is 14.0. The van der Waals surface area contributed by atoms with Crippen molar-refractivity contribution in [3.8, 4) is 0 Å². The molecule has 0 spiro atoms. The molecule has 1 heteroatoms. The molecular formula is C12H26S. The summed E-state index contributed by atoms with van der Waals surface area (Å²) in [5.41, 5.74) is 0. The minimum atomic E-state index is 0.828. The molecule has 2 atom stereocenters. The summed E-state index contributed by atoms with van der Waals surface area (Å²) in [5, 5.41) is 1.66. The molecule has 0 fully saturated rings. The Labute approximate surface area is 88.9 Å². The van der Waals surface area contributed by atoms with Crippen molar-refractivity contribution >= 4 is 11.8 Å². The predicted octanol–water partition coefficient (Wildman–Crippen LogP) is 4.59. The van der Waals surface area contributed by atoms with Gasteiger partial charge in [-0.3, -0.25) is 0 Å². The Morgan fingerprint density at radius 1 is 0.692 bits per heavy atom. The molecule has 0 radical (unpaired) electrons. The smallest absolute Gasteiger partial charge is 0.00238 e. The molecule has 0 bridgehead atoms. The summed E-state index contributed by atoms with van der Waals surface area (Å²) in [6.07, 6.45) is 2.71. The minimum absolute atomic E-state index is 0.828. The van der Waals surface area contributed by atoms with Gasteiger partial charge in [-0.2, -0.15) is 11.8 Å². The molecule has 0 nitrogen and oxygen atoms in total. The lowest BCUT2D eigenvalue weighted by atomic mass is 10.1. The van der Waals surface area contributed by atoms with Gasteiger partial charge in [0.15, 0.2) is 0 Å². The van der Waals surface area contributed by atoms with Crippen LogP contribution in [0.4, 0.5) is 0 Å². The summed E-state index contributed by atoms with van der Waals surface area (Å²) in [5.74, 6) is 1.68. The van der Waals surface area contributed by atoms with Crippen molar-refractivity contribution in [2.75, 3.05) is 0 Å². The van der Waals surface area contributed by atoms with E-state index in [4.69, 9.17) is 0 Å². The maximum Gasteiger partial charge on any atom is 0.00238 e. The van der Waals surface area contributed by atoms with Crippen LogP contribution in [-0.4, -0.2) is 10.5 Å². The third kappa shape index (κ3) is 8.67. The van der Waals surface area contributed by atoms with Gasteiger partial charge in [-0.1, -0.05) is 41.5 Å². The van der Waals surface area contributed by atoms with Crippen LogP contribution in [0.3, 0.4) is 0 Å². The van der Waals surface area contributed by atoms with Gasteiger partial charge in [0, 0.05) is 10.5 Å². The van der Waals surface area contributed by atoms with Gasteiger partial charge >= 0.3 is 0 Å². The third-order valence-electron chi connectivity index (χ3n) is 2.07. The highest BCUT2D eigenvalue weighted by Crippen LogP contribution is 2.26. The third-order valence-corrected chi connectivity index (χ3v) is 3.39. The number of thioether (sulfide) groups is 1. The second kappa shape index (κ2) is 6.75. The average Bonchev–Trinajstić information content (AvgIpc) is 1.80. The average molecular weight is 202 g/mol. The highest BCUT2D eigenvalue weighted by Gasteiger charge is 2.11. The molecule has 80 valence electrons. The van der Waals surface area contributed by atoms with Crippen molar-refractivity contribution in [3.05, 3.63) is 0 Å². The first kappa shape index (κ1) is 13.4. The first-order chi connectivity index (χ1) is 5.91. The molecule has 0 aromatic carbocycles. The van der Waals surface area contributed by atoms with Gasteiger partial charge in [-0.15, -0.1) is 0 Å². The van der Waals surface area contributed by atoms with Crippen molar-refractivity contribution in [1.29, 1.82) is 0 Å². The van der Waals surface area contributed by atoms with Gasteiger partial charge in [0.25, 0.3) is 0 Å². The van der Waals surface area contributed by atoms with Crippen molar-refractivity contribution < 1.29 is 0 Å². The van der Waals surface area contributed by atoms with Crippen LogP contribution in [0.1, 0.15) is 54.4 Å². The molecule has 0 heterocycles. The summed E-state index contributed by atoms with van der Waals surface area (Å²) < 4.78 is 0. The Morgan fingerprint density at radius 3 is 1.23 bits per heavy atom. The van der Waals surface area contributed by atoms with E-state index in [1.807, 2.05) is 0 Å². The predicted molar refractivity (Wildman–Crippen MR) is 65.4 cm³/mol. The number of hydrogen-bond donors (Lipinski definition) is 0. The van der Waals surface area contributed by atoms with Crippen LogP contribution in [0, 0.1) is 11.8 Å². The SMILES string of the molecule is CC(C)CC(C)SC(C)CC(C)C. The van der Waals surface area contributed by atoms with Crippen molar-refractivity contribution in [1.82, 2.24) is 0 Å². The molecule has 0 aliphatic carbocycles. The molecule has 13 heavy (non-hydrogen) atoms. The first-order valence-electron chi connectivity index (χ1n) is 5.57. The van der Waals surface area contributed by atoms with Gasteiger partial charge in [0.1, 0.15) is 0 Å². The van der Waals surface area contributed by atoms with Gasteiger partial charge in [0.05, 0.1) is 0 Å². The van der Waals surface area contributed by atoms with Crippen molar-refractivity contribution in [3.63, 3.8) is 0 Å². The zero-order valence-corrected chi connectivity index (χ0v) is 10.9. The number of hydrogen-bond acceptors (Lipinski definition) is 1. The topological polar surface area (TPSA) is 0 Å². The molecule has 2 unspecified atom stereocenters. The highest BCUT2D eigenvalue weighted by molar-refractivity contribution is 8.00.